The molecule has 4 rings (SSSR count). The minimum Gasteiger partial charge on any atom is -0.493 e. The Kier molecular flexibility index (Phi) is 7.67. The van der Waals surface area contributed by atoms with Gasteiger partial charge in [-0.25, -0.2) is 10.1 Å². The number of fused-ring (bicyclic) bond motifs is 1. The molecule has 3 heterocycles. The van der Waals surface area contributed by atoms with E-state index in [9.17, 15) is 0 Å². The van der Waals surface area contributed by atoms with E-state index in [0.717, 1.165) is 16.8 Å². The molecule has 0 atom stereocenters. The van der Waals surface area contributed by atoms with Crippen LogP contribution in [0.1, 0.15) is 11.5 Å². The van der Waals surface area contributed by atoms with Gasteiger partial charge in [-0.2, -0.15) is 18.2 Å². The summed E-state index contributed by atoms with van der Waals surface area (Å²) in [5.74, 6) is 1.90. The van der Waals surface area contributed by atoms with Crippen molar-refractivity contribution in [2.24, 2.45) is 0 Å². The zero-order valence-electron chi connectivity index (χ0n) is 16.5. The molecule has 8 nitrogen and oxygen atoms in total. The van der Waals surface area contributed by atoms with Crippen LogP contribution in [-0.4, -0.2) is 38.8 Å². The molecule has 0 saturated carbocycles. The fourth-order valence-electron chi connectivity index (χ4n) is 2.75. The van der Waals surface area contributed by atoms with Crippen LogP contribution in [0, 0.1) is 19.9 Å². The molecule has 1 N–H and O–H groups in total. The molecule has 1 aromatic carbocycles. The van der Waals surface area contributed by atoms with E-state index >= 15 is 0 Å². The molecule has 0 saturated heterocycles. The SMILES string of the molecule is COc1ccc(-c2c(C)nn3c([NH-])nc(C)nc23)cc1OC.[W+2].[c-]1ccncc1. The summed E-state index contributed by atoms with van der Waals surface area (Å²) >= 11 is 0. The van der Waals surface area contributed by atoms with Crippen LogP contribution in [0.3, 0.4) is 0 Å². The Morgan fingerprint density at radius 2 is 1.69 bits per heavy atom. The minimum absolute atomic E-state index is 0. The Labute approximate surface area is 183 Å². The van der Waals surface area contributed by atoms with E-state index in [1.54, 1.807) is 45.7 Å². The molecule has 0 spiro atoms. The summed E-state index contributed by atoms with van der Waals surface area (Å²) in [4.78, 5) is 12.2. The Bertz CT molecular complexity index is 1060. The first-order valence-corrected chi connectivity index (χ1v) is 8.49. The van der Waals surface area contributed by atoms with Gasteiger partial charge in [-0.1, -0.05) is 18.5 Å². The van der Waals surface area contributed by atoms with Crippen molar-refractivity contribution in [3.8, 4) is 22.6 Å². The largest absolute Gasteiger partial charge is 2.00 e. The first kappa shape index (κ1) is 22.3. The molecule has 3 aromatic heterocycles. The quantitative estimate of drug-likeness (QED) is 0.352. The third-order valence-corrected chi connectivity index (χ3v) is 3.96. The average Bonchev–Trinajstić information content (AvgIpc) is 3.05. The van der Waals surface area contributed by atoms with Crippen LogP contribution in [0.15, 0.2) is 42.7 Å². The van der Waals surface area contributed by atoms with Crippen molar-refractivity contribution in [3.63, 3.8) is 0 Å². The van der Waals surface area contributed by atoms with Crippen LogP contribution in [-0.2, 0) is 21.1 Å². The molecule has 0 fully saturated rings. The van der Waals surface area contributed by atoms with E-state index in [4.69, 9.17) is 15.2 Å². The molecule has 4 aromatic rings. The summed E-state index contributed by atoms with van der Waals surface area (Å²) in [6.07, 6.45) is 3.39. The van der Waals surface area contributed by atoms with Gasteiger partial charge < -0.3 is 25.2 Å². The number of pyridine rings is 1. The molecular formula is C20H20N6O2W. The molecule has 0 bridgehead atoms. The number of hydrogen-bond donors (Lipinski definition) is 0. The maximum atomic E-state index is 7.92. The summed E-state index contributed by atoms with van der Waals surface area (Å²) in [6.45, 7) is 3.65. The van der Waals surface area contributed by atoms with Crippen LogP contribution in [0.2, 0.25) is 0 Å². The van der Waals surface area contributed by atoms with Crippen molar-refractivity contribution < 1.29 is 30.5 Å². The number of rotatable bonds is 3. The second kappa shape index (κ2) is 9.98. The second-order valence-electron chi connectivity index (χ2n) is 5.81. The van der Waals surface area contributed by atoms with Crippen molar-refractivity contribution in [2.75, 3.05) is 14.2 Å². The van der Waals surface area contributed by atoms with E-state index in [1.807, 2.05) is 25.1 Å². The van der Waals surface area contributed by atoms with Crippen LogP contribution >= 0.6 is 0 Å². The fraction of sp³-hybridized carbons (Fsp3) is 0.200. The molecular weight excluding hydrogens is 540 g/mol. The third kappa shape index (κ3) is 4.89. The van der Waals surface area contributed by atoms with Crippen LogP contribution in [0.5, 0.6) is 11.5 Å². The van der Waals surface area contributed by atoms with E-state index in [-0.39, 0.29) is 27.0 Å². The van der Waals surface area contributed by atoms with E-state index in [1.165, 1.54) is 4.52 Å². The van der Waals surface area contributed by atoms with Crippen LogP contribution in [0.25, 0.3) is 22.5 Å². The van der Waals surface area contributed by atoms with Gasteiger partial charge in [0.05, 0.1) is 25.7 Å². The standard InChI is InChI=1S/C15H16N5O2.C5H4N.W/c1-8-13(10-5-6-11(21-3)12(7-10)22-4)14-17-9(2)18-15(16)20(14)19-8;1-2-4-6-5-3-1;/h5-7H,1-4H3,(H-,16,17,18);2-5H;/q2*-1;+2. The molecule has 0 radical (unpaired) electrons. The number of nitrogens with zero attached hydrogens (tertiary/aromatic N) is 5. The van der Waals surface area contributed by atoms with Crippen LogP contribution < -0.4 is 9.47 Å². The van der Waals surface area contributed by atoms with E-state index < -0.39 is 0 Å². The number of benzene rings is 1. The van der Waals surface area contributed by atoms with Crippen molar-refractivity contribution in [3.05, 3.63) is 66.0 Å². The molecule has 0 unspecified atom stereocenters. The molecule has 0 aliphatic rings. The molecule has 9 heteroatoms. The van der Waals surface area contributed by atoms with Gasteiger partial charge in [0.15, 0.2) is 11.5 Å². The maximum Gasteiger partial charge on any atom is 2.00 e. The molecule has 0 amide bonds. The number of ether oxygens (including phenoxy) is 2. The maximum absolute atomic E-state index is 7.92. The first-order chi connectivity index (χ1) is 13.5. The third-order valence-electron chi connectivity index (χ3n) is 3.96. The van der Waals surface area contributed by atoms with Crippen molar-refractivity contribution >= 4 is 11.6 Å². The van der Waals surface area contributed by atoms with Gasteiger partial charge in [0.25, 0.3) is 0 Å². The van der Waals surface area contributed by atoms with Gasteiger partial charge in [-0.15, -0.1) is 0 Å². The zero-order chi connectivity index (χ0) is 20.1. The fourth-order valence-corrected chi connectivity index (χ4v) is 2.75. The Hall–Kier alpha value is -2.99. The number of methoxy groups -OCH3 is 2. The smallest absolute Gasteiger partial charge is 0.493 e. The summed E-state index contributed by atoms with van der Waals surface area (Å²) < 4.78 is 12.1. The Morgan fingerprint density at radius 3 is 2.24 bits per heavy atom. The summed E-state index contributed by atoms with van der Waals surface area (Å²) in [6, 6.07) is 12.0. The monoisotopic (exact) mass is 560 g/mol. The topological polar surface area (TPSA) is 98.2 Å². The number of hydrogen-bond acceptors (Lipinski definition) is 6. The van der Waals surface area contributed by atoms with Crippen LogP contribution in [0.4, 0.5) is 5.95 Å². The van der Waals surface area contributed by atoms with Gasteiger partial charge in [-0.3, -0.25) is 4.52 Å². The average molecular weight is 560 g/mol. The normalized spacial score (nSPS) is 9.93. The zero-order valence-corrected chi connectivity index (χ0v) is 19.4. The summed E-state index contributed by atoms with van der Waals surface area (Å²) in [7, 11) is 3.19. The molecule has 148 valence electrons. The van der Waals surface area contributed by atoms with Gasteiger partial charge in [0.2, 0.25) is 0 Å². The summed E-state index contributed by atoms with van der Waals surface area (Å²) in [5.41, 5.74) is 11.1. The Morgan fingerprint density at radius 1 is 1.00 bits per heavy atom. The first-order valence-electron chi connectivity index (χ1n) is 8.49. The van der Waals surface area contributed by atoms with E-state index in [0.29, 0.717) is 23.0 Å². The van der Waals surface area contributed by atoms with Gasteiger partial charge in [0.1, 0.15) is 5.65 Å². The van der Waals surface area contributed by atoms with Gasteiger partial charge in [0, 0.05) is 11.5 Å². The van der Waals surface area contributed by atoms with Gasteiger partial charge >= 0.3 is 21.1 Å². The molecule has 29 heavy (non-hydrogen) atoms. The number of aromatic nitrogens is 5. The van der Waals surface area contributed by atoms with E-state index in [2.05, 4.69) is 26.1 Å². The van der Waals surface area contributed by atoms with Crippen molar-refractivity contribution in [1.82, 2.24) is 24.6 Å². The minimum atomic E-state index is 0. The molecule has 0 aliphatic carbocycles. The predicted molar refractivity (Wildman–Crippen MR) is 106 cm³/mol. The second-order valence-corrected chi connectivity index (χ2v) is 5.81. The van der Waals surface area contributed by atoms with Gasteiger partial charge in [-0.05, 0) is 31.5 Å². The molecule has 0 aliphatic heterocycles. The number of nitrogens with one attached hydrogen (secondary N) is 1. The predicted octanol–water partition coefficient (Wildman–Crippen LogP) is 3.99. The van der Waals surface area contributed by atoms with Crippen molar-refractivity contribution in [2.45, 2.75) is 13.8 Å². The number of aryl methyl sites for hydroxylation is 2. The van der Waals surface area contributed by atoms with Crippen molar-refractivity contribution in [1.29, 1.82) is 0 Å². The summed E-state index contributed by atoms with van der Waals surface area (Å²) in [5, 5.41) is 4.36. The Balaban J connectivity index is 0.000000369.